The molecule has 51 heavy (non-hydrogen) atoms. The molecule has 1 aliphatic rings. The molecule has 1 rings (SSSR count). The van der Waals surface area contributed by atoms with Crippen molar-refractivity contribution in [1.29, 1.82) is 0 Å². The van der Waals surface area contributed by atoms with Gasteiger partial charge in [-0.2, -0.15) is 0 Å². The smallest absolute Gasteiger partial charge is 0.306 e. The number of hydrogen-bond acceptors (Lipinski definition) is 9. The second-order valence-electron chi connectivity index (χ2n) is 14.4. The van der Waals surface area contributed by atoms with Crippen LogP contribution in [0.15, 0.2) is 24.3 Å². The van der Waals surface area contributed by atoms with Crippen molar-refractivity contribution in [2.45, 2.75) is 211 Å². The lowest BCUT2D eigenvalue weighted by Gasteiger charge is -2.39. The third-order valence-electron chi connectivity index (χ3n) is 9.62. The summed E-state index contributed by atoms with van der Waals surface area (Å²) in [4.78, 5) is 12.6. The predicted molar refractivity (Wildman–Crippen MR) is 205 cm³/mol. The summed E-state index contributed by atoms with van der Waals surface area (Å²) in [6.07, 6.45) is 31.0. The van der Waals surface area contributed by atoms with Gasteiger partial charge in [0, 0.05) is 13.0 Å². The lowest BCUT2D eigenvalue weighted by molar-refractivity contribution is -0.305. The molecule has 300 valence electrons. The summed E-state index contributed by atoms with van der Waals surface area (Å²) in [7, 11) is 0. The highest BCUT2D eigenvalue weighted by Crippen LogP contribution is 2.22. The first-order valence-corrected chi connectivity index (χ1v) is 20.9. The molecule has 1 heterocycles. The van der Waals surface area contributed by atoms with Crippen LogP contribution >= 0.6 is 0 Å². The Morgan fingerprint density at radius 1 is 0.627 bits per heavy atom. The number of unbranched alkanes of at least 4 members (excludes halogenated alkanes) is 20. The monoisotopic (exact) mass is 727 g/mol. The van der Waals surface area contributed by atoms with E-state index in [0.717, 1.165) is 38.5 Å². The summed E-state index contributed by atoms with van der Waals surface area (Å²) >= 11 is 0. The first-order valence-electron chi connectivity index (χ1n) is 20.9. The Bertz CT molecular complexity index is 833. The molecular weight excluding hydrogens is 648 g/mol. The largest absolute Gasteiger partial charge is 0.457 e. The molecule has 1 aliphatic heterocycles. The SMILES string of the molecule is CCCCCCC/C=C\C/C=C\CCCCCCCCCCCCOCC(COC1OC(CO)C(O)C(O)C1O)OC(=O)CCCCCCCC. The van der Waals surface area contributed by atoms with Crippen LogP contribution in [0.3, 0.4) is 0 Å². The molecule has 0 spiro atoms. The summed E-state index contributed by atoms with van der Waals surface area (Å²) < 4.78 is 22.6. The molecule has 9 nitrogen and oxygen atoms in total. The van der Waals surface area contributed by atoms with Gasteiger partial charge >= 0.3 is 5.97 Å². The minimum atomic E-state index is -1.53. The molecular formula is C42H78O9. The van der Waals surface area contributed by atoms with Gasteiger partial charge in [-0.25, -0.2) is 0 Å². The van der Waals surface area contributed by atoms with Gasteiger partial charge in [-0.05, 0) is 44.9 Å². The van der Waals surface area contributed by atoms with E-state index in [1.54, 1.807) is 0 Å². The van der Waals surface area contributed by atoms with Crippen LogP contribution in [0.5, 0.6) is 0 Å². The highest BCUT2D eigenvalue weighted by atomic mass is 16.7. The van der Waals surface area contributed by atoms with E-state index in [1.165, 1.54) is 116 Å². The van der Waals surface area contributed by atoms with Gasteiger partial charge in [0.25, 0.3) is 0 Å². The van der Waals surface area contributed by atoms with Crippen LogP contribution in [0.2, 0.25) is 0 Å². The lowest BCUT2D eigenvalue weighted by Crippen LogP contribution is -2.59. The lowest BCUT2D eigenvalue weighted by atomic mass is 9.99. The summed E-state index contributed by atoms with van der Waals surface area (Å²) in [5.41, 5.74) is 0. The molecule has 4 N–H and O–H groups in total. The zero-order valence-corrected chi connectivity index (χ0v) is 32.6. The standard InChI is InChI=1S/C42H78O9/c1-3-5-7-9-11-12-13-14-15-16-17-18-19-20-21-22-23-24-25-26-28-30-32-48-34-36(50-38(44)31-29-27-10-8-6-4-2)35-49-42-41(47)40(46)39(45)37(33-43)51-42/h13-14,16-17,36-37,39-43,45-47H,3-12,15,18-35H2,1-2H3/b14-13-,17-16-. The van der Waals surface area contributed by atoms with Crippen molar-refractivity contribution in [3.63, 3.8) is 0 Å². The molecule has 0 amide bonds. The molecule has 0 aromatic rings. The van der Waals surface area contributed by atoms with Crippen LogP contribution in [0.4, 0.5) is 0 Å². The molecule has 0 aliphatic carbocycles. The maximum atomic E-state index is 12.6. The fourth-order valence-corrected chi connectivity index (χ4v) is 6.29. The second-order valence-corrected chi connectivity index (χ2v) is 14.4. The highest BCUT2D eigenvalue weighted by molar-refractivity contribution is 5.69. The second kappa shape index (κ2) is 34.4. The van der Waals surface area contributed by atoms with E-state index < -0.39 is 43.4 Å². The molecule has 0 aromatic heterocycles. The van der Waals surface area contributed by atoms with Gasteiger partial charge in [-0.3, -0.25) is 4.79 Å². The van der Waals surface area contributed by atoms with Gasteiger partial charge in [0.05, 0.1) is 19.8 Å². The van der Waals surface area contributed by atoms with Gasteiger partial charge in [-0.1, -0.05) is 147 Å². The number of allylic oxidation sites excluding steroid dienone is 4. The molecule has 9 heteroatoms. The molecule has 1 saturated heterocycles. The number of carbonyl (C=O) groups is 1. The molecule has 0 aromatic carbocycles. The van der Waals surface area contributed by atoms with Crippen molar-refractivity contribution >= 4 is 5.97 Å². The molecule has 1 fully saturated rings. The van der Waals surface area contributed by atoms with E-state index in [-0.39, 0.29) is 19.2 Å². The minimum absolute atomic E-state index is 0.113. The van der Waals surface area contributed by atoms with Crippen LogP contribution in [-0.4, -0.2) is 89.6 Å². The van der Waals surface area contributed by atoms with Crippen molar-refractivity contribution in [2.75, 3.05) is 26.4 Å². The molecule has 6 unspecified atom stereocenters. The van der Waals surface area contributed by atoms with E-state index in [9.17, 15) is 25.2 Å². The van der Waals surface area contributed by atoms with E-state index in [1.807, 2.05) is 0 Å². The fourth-order valence-electron chi connectivity index (χ4n) is 6.29. The summed E-state index contributed by atoms with van der Waals surface area (Å²) in [6.45, 7) is 4.48. The maximum Gasteiger partial charge on any atom is 0.306 e. The van der Waals surface area contributed by atoms with Crippen molar-refractivity contribution in [1.82, 2.24) is 0 Å². The van der Waals surface area contributed by atoms with E-state index in [4.69, 9.17) is 18.9 Å². The number of esters is 1. The first-order chi connectivity index (χ1) is 24.9. The predicted octanol–water partition coefficient (Wildman–Crippen LogP) is 8.64. The Labute approximate surface area is 311 Å². The van der Waals surface area contributed by atoms with Crippen molar-refractivity contribution in [3.8, 4) is 0 Å². The summed E-state index contributed by atoms with van der Waals surface area (Å²) in [5, 5.41) is 39.9. The van der Waals surface area contributed by atoms with Crippen molar-refractivity contribution in [3.05, 3.63) is 24.3 Å². The van der Waals surface area contributed by atoms with E-state index in [2.05, 4.69) is 38.2 Å². The minimum Gasteiger partial charge on any atom is -0.457 e. The topological polar surface area (TPSA) is 135 Å². The quantitative estimate of drug-likeness (QED) is 0.0288. The number of ether oxygens (including phenoxy) is 4. The maximum absolute atomic E-state index is 12.6. The number of carbonyl (C=O) groups excluding carboxylic acids is 1. The number of rotatable bonds is 35. The molecule has 6 atom stereocenters. The van der Waals surface area contributed by atoms with Crippen LogP contribution < -0.4 is 0 Å². The average Bonchev–Trinajstić information content (AvgIpc) is 3.13. The summed E-state index contributed by atoms with van der Waals surface area (Å²) in [6, 6.07) is 0. The zero-order valence-electron chi connectivity index (χ0n) is 32.6. The fraction of sp³-hybridized carbons (Fsp3) is 0.881. The van der Waals surface area contributed by atoms with E-state index in [0.29, 0.717) is 13.0 Å². The van der Waals surface area contributed by atoms with Gasteiger partial charge in [-0.15, -0.1) is 0 Å². The normalized spacial score (nSPS) is 21.6. The van der Waals surface area contributed by atoms with Crippen LogP contribution in [-0.2, 0) is 23.7 Å². The molecule has 0 saturated carbocycles. The Morgan fingerprint density at radius 2 is 1.14 bits per heavy atom. The third kappa shape index (κ3) is 26.1. The molecule has 0 radical (unpaired) electrons. The van der Waals surface area contributed by atoms with Gasteiger partial charge < -0.3 is 39.4 Å². The summed E-state index contributed by atoms with van der Waals surface area (Å²) in [5.74, 6) is -0.324. The Kier molecular flexibility index (Phi) is 32.2. The van der Waals surface area contributed by atoms with Crippen molar-refractivity contribution in [2.24, 2.45) is 0 Å². The van der Waals surface area contributed by atoms with Crippen LogP contribution in [0.25, 0.3) is 0 Å². The Balaban J connectivity index is 2.16. The average molecular weight is 727 g/mol. The number of aliphatic hydroxyl groups excluding tert-OH is 4. The van der Waals surface area contributed by atoms with E-state index >= 15 is 0 Å². The molecule has 0 bridgehead atoms. The van der Waals surface area contributed by atoms with Gasteiger partial charge in [0.15, 0.2) is 6.29 Å². The van der Waals surface area contributed by atoms with Gasteiger partial charge in [0.1, 0.15) is 30.5 Å². The van der Waals surface area contributed by atoms with Crippen LogP contribution in [0, 0.1) is 0 Å². The highest BCUT2D eigenvalue weighted by Gasteiger charge is 2.44. The number of aliphatic hydroxyl groups is 4. The number of hydrogen-bond donors (Lipinski definition) is 4. The Morgan fingerprint density at radius 3 is 1.69 bits per heavy atom. The first kappa shape index (κ1) is 47.7. The van der Waals surface area contributed by atoms with Gasteiger partial charge in [0.2, 0.25) is 0 Å². The van der Waals surface area contributed by atoms with Crippen LogP contribution in [0.1, 0.15) is 174 Å². The van der Waals surface area contributed by atoms with Crippen molar-refractivity contribution < 1.29 is 44.2 Å². The Hall–Kier alpha value is -1.33. The zero-order chi connectivity index (χ0) is 37.2. The third-order valence-corrected chi connectivity index (χ3v) is 9.62.